The topological polar surface area (TPSA) is 79.9 Å². The number of aliphatic hydroxyl groups excluding tert-OH is 1. The van der Waals surface area contributed by atoms with Gasteiger partial charge in [-0.1, -0.05) is 60.7 Å². The van der Waals surface area contributed by atoms with Crippen LogP contribution >= 0.6 is 0 Å². The molecule has 138 valence electrons. The zero-order valence-corrected chi connectivity index (χ0v) is 15.0. The van der Waals surface area contributed by atoms with Crippen molar-refractivity contribution in [2.45, 2.75) is 12.7 Å². The van der Waals surface area contributed by atoms with Crippen LogP contribution in [0.1, 0.15) is 17.2 Å². The highest BCUT2D eigenvalue weighted by molar-refractivity contribution is 5.92. The highest BCUT2D eigenvalue weighted by Crippen LogP contribution is 2.20. The van der Waals surface area contributed by atoms with Gasteiger partial charge in [0.2, 0.25) is 0 Å². The second kappa shape index (κ2) is 9.40. The fourth-order valence-electron chi connectivity index (χ4n) is 2.55. The summed E-state index contributed by atoms with van der Waals surface area (Å²) >= 11 is 0. The Hall–Kier alpha value is -3.31. The van der Waals surface area contributed by atoms with Crippen molar-refractivity contribution >= 4 is 11.6 Å². The Morgan fingerprint density at radius 1 is 0.963 bits per heavy atom. The first-order valence-corrected chi connectivity index (χ1v) is 8.77. The zero-order valence-electron chi connectivity index (χ0n) is 15.0. The number of hydrogen-bond acceptors (Lipinski definition) is 3. The van der Waals surface area contributed by atoms with Gasteiger partial charge in [0.15, 0.2) is 5.96 Å². The Bertz CT molecular complexity index is 867. The average Bonchev–Trinajstić information content (AvgIpc) is 2.72. The molecule has 0 aromatic heterocycles. The second-order valence-corrected chi connectivity index (χ2v) is 6.08. The SMILES string of the molecule is NC(=NCC(O)c1cccc(OCc2ccccc2)c1)Nc1ccccc1. The van der Waals surface area contributed by atoms with E-state index < -0.39 is 6.10 Å². The smallest absolute Gasteiger partial charge is 0.193 e. The summed E-state index contributed by atoms with van der Waals surface area (Å²) in [6.07, 6.45) is -0.763. The standard InChI is InChI=1S/C22H23N3O2/c23-22(25-19-11-5-2-6-12-19)24-15-21(26)18-10-7-13-20(14-18)27-16-17-8-3-1-4-9-17/h1-14,21,26H,15-16H2,(H3,23,24,25). The van der Waals surface area contributed by atoms with Gasteiger partial charge in [-0.2, -0.15) is 0 Å². The second-order valence-electron chi connectivity index (χ2n) is 6.08. The Morgan fingerprint density at radius 3 is 2.41 bits per heavy atom. The third-order valence-corrected chi connectivity index (χ3v) is 3.97. The number of nitrogens with one attached hydrogen (secondary N) is 1. The number of rotatable bonds is 7. The van der Waals surface area contributed by atoms with Crippen LogP contribution < -0.4 is 15.8 Å². The maximum Gasteiger partial charge on any atom is 0.193 e. The third kappa shape index (κ3) is 5.87. The molecule has 27 heavy (non-hydrogen) atoms. The summed E-state index contributed by atoms with van der Waals surface area (Å²) in [4.78, 5) is 4.21. The van der Waals surface area contributed by atoms with Crippen molar-refractivity contribution in [2.75, 3.05) is 11.9 Å². The van der Waals surface area contributed by atoms with Crippen LogP contribution in [0.25, 0.3) is 0 Å². The molecule has 1 atom stereocenters. The van der Waals surface area contributed by atoms with E-state index in [1.807, 2.05) is 84.9 Å². The minimum absolute atomic E-state index is 0.161. The van der Waals surface area contributed by atoms with Gasteiger partial charge in [0, 0.05) is 5.69 Å². The molecule has 0 aliphatic heterocycles. The van der Waals surface area contributed by atoms with Crippen LogP contribution in [0, 0.1) is 0 Å². The number of para-hydroxylation sites is 1. The molecular formula is C22H23N3O2. The maximum atomic E-state index is 10.4. The Kier molecular flexibility index (Phi) is 6.44. The summed E-state index contributed by atoms with van der Waals surface area (Å²) in [6.45, 7) is 0.639. The molecule has 0 saturated carbocycles. The van der Waals surface area contributed by atoms with Crippen LogP contribution in [0.4, 0.5) is 5.69 Å². The van der Waals surface area contributed by atoms with Gasteiger partial charge >= 0.3 is 0 Å². The van der Waals surface area contributed by atoms with Crippen LogP contribution in [0.3, 0.4) is 0 Å². The molecule has 5 heteroatoms. The van der Waals surface area contributed by atoms with Crippen molar-refractivity contribution < 1.29 is 9.84 Å². The number of aliphatic imine (C=N–C) groups is 1. The van der Waals surface area contributed by atoms with Gasteiger partial charge in [-0.3, -0.25) is 4.99 Å². The molecule has 0 aliphatic rings. The lowest BCUT2D eigenvalue weighted by atomic mass is 10.1. The maximum absolute atomic E-state index is 10.4. The number of benzene rings is 3. The van der Waals surface area contributed by atoms with Gasteiger partial charge in [-0.15, -0.1) is 0 Å². The van der Waals surface area contributed by atoms with E-state index in [2.05, 4.69) is 10.3 Å². The van der Waals surface area contributed by atoms with Crippen molar-refractivity contribution in [3.8, 4) is 5.75 Å². The summed E-state index contributed by atoms with van der Waals surface area (Å²) < 4.78 is 5.80. The molecule has 3 aromatic carbocycles. The molecular weight excluding hydrogens is 338 g/mol. The Balaban J connectivity index is 1.56. The monoisotopic (exact) mass is 361 g/mol. The van der Waals surface area contributed by atoms with E-state index >= 15 is 0 Å². The molecule has 0 fully saturated rings. The van der Waals surface area contributed by atoms with Crippen LogP contribution in [-0.2, 0) is 6.61 Å². The lowest BCUT2D eigenvalue weighted by molar-refractivity contribution is 0.186. The molecule has 0 aliphatic carbocycles. The predicted molar refractivity (Wildman–Crippen MR) is 109 cm³/mol. The molecule has 0 saturated heterocycles. The number of ether oxygens (including phenoxy) is 1. The first-order valence-electron chi connectivity index (χ1n) is 8.77. The van der Waals surface area contributed by atoms with Crippen molar-refractivity contribution in [3.63, 3.8) is 0 Å². The van der Waals surface area contributed by atoms with E-state index in [4.69, 9.17) is 10.5 Å². The molecule has 4 N–H and O–H groups in total. The molecule has 0 spiro atoms. The number of anilines is 1. The minimum atomic E-state index is -0.763. The van der Waals surface area contributed by atoms with Gasteiger partial charge in [0.25, 0.3) is 0 Å². The first-order chi connectivity index (χ1) is 13.2. The Labute approximate surface area is 159 Å². The van der Waals surface area contributed by atoms with E-state index in [1.165, 1.54) is 0 Å². The molecule has 1 unspecified atom stereocenters. The fourth-order valence-corrected chi connectivity index (χ4v) is 2.55. The van der Waals surface area contributed by atoms with E-state index in [-0.39, 0.29) is 12.5 Å². The van der Waals surface area contributed by atoms with E-state index in [1.54, 1.807) is 0 Å². The van der Waals surface area contributed by atoms with Crippen molar-refractivity contribution in [2.24, 2.45) is 10.7 Å². The van der Waals surface area contributed by atoms with Gasteiger partial charge in [0.05, 0.1) is 12.6 Å². The molecule has 0 bridgehead atoms. The average molecular weight is 361 g/mol. The summed E-state index contributed by atoms with van der Waals surface area (Å²) in [5.74, 6) is 0.964. The quantitative estimate of drug-likeness (QED) is 0.442. The summed E-state index contributed by atoms with van der Waals surface area (Å²) in [6, 6.07) is 26.9. The van der Waals surface area contributed by atoms with Gasteiger partial charge in [0.1, 0.15) is 12.4 Å². The zero-order chi connectivity index (χ0) is 18.9. The minimum Gasteiger partial charge on any atom is -0.489 e. The first kappa shape index (κ1) is 18.5. The van der Waals surface area contributed by atoms with Gasteiger partial charge in [-0.25, -0.2) is 0 Å². The van der Waals surface area contributed by atoms with E-state index in [9.17, 15) is 5.11 Å². The van der Waals surface area contributed by atoms with E-state index in [0.29, 0.717) is 12.4 Å². The normalized spacial score (nSPS) is 12.4. The predicted octanol–water partition coefficient (Wildman–Crippen LogP) is 3.73. The fraction of sp³-hybridized carbons (Fsp3) is 0.136. The van der Waals surface area contributed by atoms with Crippen LogP contribution in [0.15, 0.2) is 89.9 Å². The van der Waals surface area contributed by atoms with Gasteiger partial charge < -0.3 is 20.9 Å². The van der Waals surface area contributed by atoms with Crippen molar-refractivity contribution in [1.82, 2.24) is 0 Å². The highest BCUT2D eigenvalue weighted by Gasteiger charge is 2.08. The molecule has 0 amide bonds. The number of guanidine groups is 1. The number of hydrogen-bond donors (Lipinski definition) is 3. The molecule has 0 heterocycles. The lowest BCUT2D eigenvalue weighted by Crippen LogP contribution is -2.23. The largest absolute Gasteiger partial charge is 0.489 e. The number of aliphatic hydroxyl groups is 1. The number of nitrogens with two attached hydrogens (primary N) is 1. The molecule has 3 aromatic rings. The summed E-state index contributed by atoms with van der Waals surface area (Å²) in [5.41, 5.74) is 8.55. The van der Waals surface area contributed by atoms with Gasteiger partial charge in [-0.05, 0) is 35.4 Å². The summed E-state index contributed by atoms with van der Waals surface area (Å²) in [7, 11) is 0. The van der Waals surface area contributed by atoms with Crippen molar-refractivity contribution in [1.29, 1.82) is 0 Å². The number of nitrogens with zero attached hydrogens (tertiary/aromatic N) is 1. The van der Waals surface area contributed by atoms with E-state index in [0.717, 1.165) is 16.8 Å². The Morgan fingerprint density at radius 2 is 1.67 bits per heavy atom. The summed E-state index contributed by atoms with van der Waals surface area (Å²) in [5, 5.41) is 13.4. The van der Waals surface area contributed by atoms with Crippen LogP contribution in [-0.4, -0.2) is 17.6 Å². The van der Waals surface area contributed by atoms with Crippen LogP contribution in [0.2, 0.25) is 0 Å². The lowest BCUT2D eigenvalue weighted by Gasteiger charge is -2.12. The van der Waals surface area contributed by atoms with Crippen molar-refractivity contribution in [3.05, 3.63) is 96.1 Å². The molecule has 0 radical (unpaired) electrons. The highest BCUT2D eigenvalue weighted by atomic mass is 16.5. The van der Waals surface area contributed by atoms with Crippen LogP contribution in [0.5, 0.6) is 5.75 Å². The third-order valence-electron chi connectivity index (χ3n) is 3.97. The molecule has 3 rings (SSSR count). The molecule has 5 nitrogen and oxygen atoms in total.